The summed E-state index contributed by atoms with van der Waals surface area (Å²) in [6.45, 7) is 2.09. The van der Waals surface area contributed by atoms with Crippen molar-refractivity contribution in [1.29, 1.82) is 0 Å². The van der Waals surface area contributed by atoms with Crippen molar-refractivity contribution in [3.05, 3.63) is 42.2 Å². The third-order valence-corrected chi connectivity index (χ3v) is 2.60. The van der Waals surface area contributed by atoms with E-state index < -0.39 is 0 Å². The summed E-state index contributed by atoms with van der Waals surface area (Å²) in [6, 6.07) is 7.59. The molecule has 0 bridgehead atoms. The van der Waals surface area contributed by atoms with E-state index in [-0.39, 0.29) is 0 Å². The van der Waals surface area contributed by atoms with Crippen LogP contribution in [0.2, 0.25) is 0 Å². The first-order valence-electron chi connectivity index (χ1n) is 5.78. The second-order valence-corrected chi connectivity index (χ2v) is 3.89. The maximum absolute atomic E-state index is 5.71. The van der Waals surface area contributed by atoms with Crippen molar-refractivity contribution in [3.63, 3.8) is 0 Å². The van der Waals surface area contributed by atoms with Gasteiger partial charge in [-0.25, -0.2) is 0 Å². The Morgan fingerprint density at radius 3 is 2.67 bits per heavy atom. The van der Waals surface area contributed by atoms with Crippen LogP contribution in [0.15, 0.2) is 36.7 Å². The number of rotatable bonds is 4. The van der Waals surface area contributed by atoms with Crippen LogP contribution in [0, 0.1) is 0 Å². The minimum Gasteiger partial charge on any atom is -0.493 e. The maximum Gasteiger partial charge on any atom is 0.169 e. The standard InChI is InChI=1S/C14H16N2O2/c1-3-10-4-5-13(14(6-10)17-2)18-12-7-11(15)8-16-9-12/h4-9H,3,15H2,1-2H3. The fourth-order valence-electron chi connectivity index (χ4n) is 1.63. The van der Waals surface area contributed by atoms with E-state index in [1.54, 1.807) is 25.6 Å². The molecule has 0 aliphatic carbocycles. The SMILES string of the molecule is CCc1ccc(Oc2cncc(N)c2)c(OC)c1. The van der Waals surface area contributed by atoms with E-state index in [9.17, 15) is 0 Å². The molecule has 2 aromatic rings. The van der Waals surface area contributed by atoms with Gasteiger partial charge in [-0.15, -0.1) is 0 Å². The van der Waals surface area contributed by atoms with E-state index in [1.807, 2.05) is 18.2 Å². The monoisotopic (exact) mass is 244 g/mol. The summed E-state index contributed by atoms with van der Waals surface area (Å²) in [4.78, 5) is 3.98. The number of hydrogen-bond acceptors (Lipinski definition) is 4. The van der Waals surface area contributed by atoms with Crippen molar-refractivity contribution in [2.24, 2.45) is 0 Å². The van der Waals surface area contributed by atoms with Crippen LogP contribution < -0.4 is 15.2 Å². The minimum atomic E-state index is 0.566. The van der Waals surface area contributed by atoms with Gasteiger partial charge in [-0.2, -0.15) is 0 Å². The molecular weight excluding hydrogens is 228 g/mol. The van der Waals surface area contributed by atoms with E-state index in [0.29, 0.717) is 22.9 Å². The predicted octanol–water partition coefficient (Wildman–Crippen LogP) is 3.03. The minimum absolute atomic E-state index is 0.566. The first kappa shape index (κ1) is 12.2. The van der Waals surface area contributed by atoms with Gasteiger partial charge in [-0.05, 0) is 24.1 Å². The molecule has 0 radical (unpaired) electrons. The Labute approximate surface area is 106 Å². The molecule has 0 unspecified atom stereocenters. The fraction of sp³-hybridized carbons (Fsp3) is 0.214. The normalized spacial score (nSPS) is 10.1. The highest BCUT2D eigenvalue weighted by molar-refractivity contribution is 5.47. The number of anilines is 1. The Morgan fingerprint density at radius 1 is 1.17 bits per heavy atom. The van der Waals surface area contributed by atoms with Gasteiger partial charge in [0.1, 0.15) is 5.75 Å². The molecule has 0 fully saturated rings. The lowest BCUT2D eigenvalue weighted by Crippen LogP contribution is -1.93. The summed E-state index contributed by atoms with van der Waals surface area (Å²) in [7, 11) is 1.62. The van der Waals surface area contributed by atoms with E-state index in [1.165, 1.54) is 5.56 Å². The topological polar surface area (TPSA) is 57.4 Å². The van der Waals surface area contributed by atoms with Crippen molar-refractivity contribution < 1.29 is 9.47 Å². The van der Waals surface area contributed by atoms with Crippen LogP contribution in [-0.4, -0.2) is 12.1 Å². The molecule has 0 amide bonds. The van der Waals surface area contributed by atoms with Gasteiger partial charge in [0.2, 0.25) is 0 Å². The molecule has 4 nitrogen and oxygen atoms in total. The Kier molecular flexibility index (Phi) is 3.67. The number of ether oxygens (including phenoxy) is 2. The molecule has 1 aromatic carbocycles. The van der Waals surface area contributed by atoms with Gasteiger partial charge in [-0.3, -0.25) is 4.98 Å². The number of benzene rings is 1. The Bertz CT molecular complexity index is 541. The van der Waals surface area contributed by atoms with Crippen molar-refractivity contribution in [2.75, 3.05) is 12.8 Å². The first-order valence-corrected chi connectivity index (χ1v) is 5.78. The van der Waals surface area contributed by atoms with Crippen LogP contribution >= 0.6 is 0 Å². The second kappa shape index (κ2) is 5.40. The van der Waals surface area contributed by atoms with E-state index in [2.05, 4.69) is 11.9 Å². The molecule has 0 aliphatic rings. The zero-order valence-corrected chi connectivity index (χ0v) is 10.5. The summed E-state index contributed by atoms with van der Waals surface area (Å²) in [5.74, 6) is 1.96. The van der Waals surface area contributed by atoms with Gasteiger partial charge in [0.15, 0.2) is 11.5 Å². The van der Waals surface area contributed by atoms with Crippen molar-refractivity contribution in [3.8, 4) is 17.2 Å². The van der Waals surface area contributed by atoms with Gasteiger partial charge >= 0.3 is 0 Å². The Morgan fingerprint density at radius 2 is 2.00 bits per heavy atom. The van der Waals surface area contributed by atoms with Gasteiger partial charge < -0.3 is 15.2 Å². The zero-order chi connectivity index (χ0) is 13.0. The van der Waals surface area contributed by atoms with Gasteiger partial charge in [0.05, 0.1) is 25.2 Å². The number of nitrogens with two attached hydrogens (primary N) is 1. The van der Waals surface area contributed by atoms with Crippen LogP contribution in [0.5, 0.6) is 17.2 Å². The van der Waals surface area contributed by atoms with Crippen LogP contribution in [-0.2, 0) is 6.42 Å². The number of nitrogen functional groups attached to an aromatic ring is 1. The van der Waals surface area contributed by atoms with Crippen molar-refractivity contribution in [1.82, 2.24) is 4.98 Å². The van der Waals surface area contributed by atoms with Crippen LogP contribution in [0.4, 0.5) is 5.69 Å². The number of methoxy groups -OCH3 is 1. The number of nitrogens with zero attached hydrogens (tertiary/aromatic N) is 1. The smallest absolute Gasteiger partial charge is 0.169 e. The first-order chi connectivity index (χ1) is 8.72. The summed E-state index contributed by atoms with van der Waals surface area (Å²) < 4.78 is 11.0. The lowest BCUT2D eigenvalue weighted by Gasteiger charge is -2.11. The molecule has 2 rings (SSSR count). The van der Waals surface area contributed by atoms with E-state index >= 15 is 0 Å². The number of hydrogen-bond donors (Lipinski definition) is 1. The third kappa shape index (κ3) is 2.71. The largest absolute Gasteiger partial charge is 0.493 e. The van der Waals surface area contributed by atoms with E-state index in [4.69, 9.17) is 15.2 Å². The fourth-order valence-corrected chi connectivity index (χ4v) is 1.63. The highest BCUT2D eigenvalue weighted by atomic mass is 16.5. The van der Waals surface area contributed by atoms with Crippen molar-refractivity contribution in [2.45, 2.75) is 13.3 Å². The second-order valence-electron chi connectivity index (χ2n) is 3.89. The van der Waals surface area contributed by atoms with Crippen LogP contribution in [0.3, 0.4) is 0 Å². The molecule has 0 saturated heterocycles. The third-order valence-electron chi connectivity index (χ3n) is 2.60. The Hall–Kier alpha value is -2.23. The predicted molar refractivity (Wildman–Crippen MR) is 71.1 cm³/mol. The van der Waals surface area contributed by atoms with Gasteiger partial charge in [0.25, 0.3) is 0 Å². The lowest BCUT2D eigenvalue weighted by atomic mass is 10.1. The molecule has 2 N–H and O–H groups in total. The van der Waals surface area contributed by atoms with Gasteiger partial charge in [0, 0.05) is 6.07 Å². The Balaban J connectivity index is 2.28. The summed E-state index contributed by atoms with van der Waals surface area (Å²) in [5.41, 5.74) is 7.42. The zero-order valence-electron chi connectivity index (χ0n) is 10.5. The summed E-state index contributed by atoms with van der Waals surface area (Å²) >= 11 is 0. The number of aryl methyl sites for hydroxylation is 1. The highest BCUT2D eigenvalue weighted by Gasteiger charge is 2.06. The van der Waals surface area contributed by atoms with E-state index in [0.717, 1.165) is 6.42 Å². The summed E-state index contributed by atoms with van der Waals surface area (Å²) in [5, 5.41) is 0. The number of pyridine rings is 1. The van der Waals surface area contributed by atoms with Crippen molar-refractivity contribution >= 4 is 5.69 Å². The quantitative estimate of drug-likeness (QED) is 0.898. The van der Waals surface area contributed by atoms with Gasteiger partial charge in [-0.1, -0.05) is 13.0 Å². The summed E-state index contributed by atoms with van der Waals surface area (Å²) in [6.07, 6.45) is 4.14. The molecular formula is C14H16N2O2. The molecule has 0 spiro atoms. The molecule has 0 aliphatic heterocycles. The lowest BCUT2D eigenvalue weighted by molar-refractivity contribution is 0.378. The van der Waals surface area contributed by atoms with Crippen LogP contribution in [0.1, 0.15) is 12.5 Å². The maximum atomic E-state index is 5.71. The molecule has 4 heteroatoms. The number of aromatic nitrogens is 1. The molecule has 18 heavy (non-hydrogen) atoms. The molecule has 94 valence electrons. The molecule has 0 atom stereocenters. The van der Waals surface area contributed by atoms with Crippen LogP contribution in [0.25, 0.3) is 0 Å². The average Bonchev–Trinajstić information content (AvgIpc) is 2.39. The average molecular weight is 244 g/mol. The molecule has 0 saturated carbocycles. The molecule has 1 heterocycles. The molecule has 1 aromatic heterocycles. The highest BCUT2D eigenvalue weighted by Crippen LogP contribution is 2.32.